The zero-order valence-electron chi connectivity index (χ0n) is 16.2. The van der Waals surface area contributed by atoms with Crippen molar-refractivity contribution in [1.29, 1.82) is 0 Å². The van der Waals surface area contributed by atoms with Crippen molar-refractivity contribution in [2.75, 3.05) is 26.9 Å². The number of carbonyl (C=O) groups excluding carboxylic acids is 1. The number of para-hydroxylation sites is 1. The fourth-order valence-electron chi connectivity index (χ4n) is 2.66. The molecule has 0 saturated carbocycles. The molecule has 27 heavy (non-hydrogen) atoms. The van der Waals surface area contributed by atoms with Gasteiger partial charge < -0.3 is 14.8 Å². The van der Waals surface area contributed by atoms with Gasteiger partial charge in [0.1, 0.15) is 5.75 Å². The second-order valence-electron chi connectivity index (χ2n) is 6.24. The second kappa shape index (κ2) is 11.9. The van der Waals surface area contributed by atoms with Crippen LogP contribution < -0.4 is 10.1 Å². The van der Waals surface area contributed by atoms with Gasteiger partial charge in [0, 0.05) is 30.9 Å². The van der Waals surface area contributed by atoms with Crippen LogP contribution >= 0.6 is 0 Å². The van der Waals surface area contributed by atoms with Crippen molar-refractivity contribution in [1.82, 2.24) is 5.32 Å². The lowest BCUT2D eigenvalue weighted by atomic mass is 10.0. The van der Waals surface area contributed by atoms with Crippen molar-refractivity contribution in [2.24, 2.45) is 0 Å². The van der Waals surface area contributed by atoms with Crippen LogP contribution in [0.3, 0.4) is 0 Å². The Hall–Kier alpha value is -2.59. The fraction of sp³-hybridized carbons (Fsp3) is 0.348. The van der Waals surface area contributed by atoms with Crippen molar-refractivity contribution >= 4 is 17.6 Å². The Morgan fingerprint density at radius 1 is 1.00 bits per heavy atom. The molecule has 144 valence electrons. The minimum atomic E-state index is -0.0966. The van der Waals surface area contributed by atoms with Crippen LogP contribution in [0.5, 0.6) is 5.75 Å². The third kappa shape index (κ3) is 6.91. The molecule has 0 aliphatic carbocycles. The van der Waals surface area contributed by atoms with E-state index in [1.54, 1.807) is 7.11 Å². The number of unbranched alkanes of at least 4 members (excludes halogenated alkanes) is 1. The maximum absolute atomic E-state index is 12.8. The summed E-state index contributed by atoms with van der Waals surface area (Å²) in [5, 5.41) is 3.00. The number of methoxy groups -OCH3 is 1. The molecule has 0 bridgehead atoms. The average molecular weight is 367 g/mol. The zero-order valence-corrected chi connectivity index (χ0v) is 16.2. The molecule has 0 fully saturated rings. The smallest absolute Gasteiger partial charge is 0.251 e. The van der Waals surface area contributed by atoms with Gasteiger partial charge in [0.25, 0.3) is 5.91 Å². The molecule has 0 aliphatic heterocycles. The maximum Gasteiger partial charge on any atom is 0.251 e. The molecule has 1 N–H and O–H groups in total. The SMILES string of the molecule is CCCCOCCCNC(=O)/C(=C/c1ccccc1OC)c1ccccc1. The third-order valence-corrected chi connectivity index (χ3v) is 4.16. The van der Waals surface area contributed by atoms with E-state index in [9.17, 15) is 4.79 Å². The Bertz CT molecular complexity index is 725. The molecule has 0 aliphatic rings. The lowest BCUT2D eigenvalue weighted by Gasteiger charge is -2.11. The molecule has 4 heteroatoms. The predicted octanol–water partition coefficient (Wildman–Crippen LogP) is 4.56. The highest BCUT2D eigenvalue weighted by molar-refractivity contribution is 6.24. The van der Waals surface area contributed by atoms with E-state index in [4.69, 9.17) is 9.47 Å². The monoisotopic (exact) mass is 367 g/mol. The van der Waals surface area contributed by atoms with Crippen molar-refractivity contribution in [3.63, 3.8) is 0 Å². The Kier molecular flexibility index (Phi) is 9.14. The predicted molar refractivity (Wildman–Crippen MR) is 111 cm³/mol. The normalized spacial score (nSPS) is 11.3. The van der Waals surface area contributed by atoms with Gasteiger partial charge >= 0.3 is 0 Å². The van der Waals surface area contributed by atoms with Crippen molar-refractivity contribution in [3.8, 4) is 5.75 Å². The Balaban J connectivity index is 2.07. The lowest BCUT2D eigenvalue weighted by Crippen LogP contribution is -2.26. The first-order chi connectivity index (χ1) is 13.3. The number of amides is 1. The van der Waals surface area contributed by atoms with Crippen LogP contribution in [-0.4, -0.2) is 32.8 Å². The van der Waals surface area contributed by atoms with Crippen molar-refractivity contribution in [3.05, 3.63) is 65.7 Å². The molecule has 0 aromatic heterocycles. The van der Waals surface area contributed by atoms with Crippen LogP contribution in [0, 0.1) is 0 Å². The number of benzene rings is 2. The summed E-state index contributed by atoms with van der Waals surface area (Å²) in [5.41, 5.74) is 2.36. The fourth-order valence-corrected chi connectivity index (χ4v) is 2.66. The summed E-state index contributed by atoms with van der Waals surface area (Å²) in [6, 6.07) is 17.4. The van der Waals surface area contributed by atoms with E-state index in [1.165, 1.54) is 0 Å². The molecule has 2 rings (SSSR count). The molecule has 0 unspecified atom stereocenters. The highest BCUT2D eigenvalue weighted by atomic mass is 16.5. The van der Waals surface area contributed by atoms with E-state index in [-0.39, 0.29) is 5.91 Å². The number of ether oxygens (including phenoxy) is 2. The third-order valence-electron chi connectivity index (χ3n) is 4.16. The first kappa shape index (κ1) is 20.7. The van der Waals surface area contributed by atoms with E-state index < -0.39 is 0 Å². The molecule has 4 nitrogen and oxygen atoms in total. The van der Waals surface area contributed by atoms with Crippen molar-refractivity contribution in [2.45, 2.75) is 26.2 Å². The average Bonchev–Trinajstić information content (AvgIpc) is 2.72. The van der Waals surface area contributed by atoms with Gasteiger partial charge in [0.2, 0.25) is 0 Å². The first-order valence-corrected chi connectivity index (χ1v) is 9.52. The van der Waals surface area contributed by atoms with Gasteiger partial charge in [-0.25, -0.2) is 0 Å². The van der Waals surface area contributed by atoms with Gasteiger partial charge in [-0.3, -0.25) is 4.79 Å². The topological polar surface area (TPSA) is 47.6 Å². The van der Waals surface area contributed by atoms with E-state index >= 15 is 0 Å². The Morgan fingerprint density at radius 3 is 2.44 bits per heavy atom. The van der Waals surface area contributed by atoms with Gasteiger partial charge in [-0.2, -0.15) is 0 Å². The molecule has 2 aromatic rings. The maximum atomic E-state index is 12.8. The number of nitrogens with one attached hydrogen (secondary N) is 1. The van der Waals surface area contributed by atoms with Crippen LogP contribution in [0.25, 0.3) is 11.6 Å². The summed E-state index contributed by atoms with van der Waals surface area (Å²) in [5.74, 6) is 0.642. The number of rotatable bonds is 11. The quantitative estimate of drug-likeness (QED) is 0.360. The summed E-state index contributed by atoms with van der Waals surface area (Å²) in [4.78, 5) is 12.8. The summed E-state index contributed by atoms with van der Waals surface area (Å²) in [7, 11) is 1.63. The minimum absolute atomic E-state index is 0.0966. The van der Waals surface area contributed by atoms with E-state index in [0.717, 1.165) is 42.7 Å². The van der Waals surface area contributed by atoms with Crippen molar-refractivity contribution < 1.29 is 14.3 Å². The zero-order chi connectivity index (χ0) is 19.3. The van der Waals surface area contributed by atoms with Gasteiger partial charge in [-0.05, 0) is 30.5 Å². The molecule has 1 amide bonds. The minimum Gasteiger partial charge on any atom is -0.496 e. The lowest BCUT2D eigenvalue weighted by molar-refractivity contribution is -0.115. The summed E-state index contributed by atoms with van der Waals surface area (Å²) < 4.78 is 11.0. The van der Waals surface area contributed by atoms with Crippen LogP contribution in [-0.2, 0) is 9.53 Å². The van der Waals surface area contributed by atoms with Crippen LogP contribution in [0.15, 0.2) is 54.6 Å². The Morgan fingerprint density at radius 2 is 1.70 bits per heavy atom. The molecular formula is C23H29NO3. The number of hydrogen-bond donors (Lipinski definition) is 1. The largest absolute Gasteiger partial charge is 0.496 e. The molecule has 0 spiro atoms. The molecule has 2 aromatic carbocycles. The standard InChI is InChI=1S/C23H29NO3/c1-3-4-16-27-17-10-15-24-23(25)21(19-11-6-5-7-12-19)18-20-13-8-9-14-22(20)26-2/h5-9,11-14,18H,3-4,10,15-17H2,1-2H3,(H,24,25)/b21-18+. The van der Waals surface area contributed by atoms with E-state index in [1.807, 2.05) is 60.7 Å². The van der Waals surface area contributed by atoms with Gasteiger partial charge in [-0.15, -0.1) is 0 Å². The van der Waals surface area contributed by atoms with Crippen LogP contribution in [0.1, 0.15) is 37.3 Å². The second-order valence-corrected chi connectivity index (χ2v) is 6.24. The van der Waals surface area contributed by atoms with E-state index in [0.29, 0.717) is 18.7 Å². The Labute approximate surface area is 162 Å². The number of hydrogen-bond acceptors (Lipinski definition) is 3. The van der Waals surface area contributed by atoms with Gasteiger partial charge in [-0.1, -0.05) is 61.9 Å². The first-order valence-electron chi connectivity index (χ1n) is 9.52. The molecule has 0 atom stereocenters. The highest BCUT2D eigenvalue weighted by Gasteiger charge is 2.13. The van der Waals surface area contributed by atoms with Gasteiger partial charge in [0.05, 0.1) is 7.11 Å². The summed E-state index contributed by atoms with van der Waals surface area (Å²) in [6.07, 6.45) is 4.88. The molecular weight excluding hydrogens is 338 g/mol. The molecule has 0 radical (unpaired) electrons. The van der Waals surface area contributed by atoms with Crippen LogP contribution in [0.2, 0.25) is 0 Å². The van der Waals surface area contributed by atoms with E-state index in [2.05, 4.69) is 12.2 Å². The van der Waals surface area contributed by atoms with Gasteiger partial charge in [0.15, 0.2) is 0 Å². The summed E-state index contributed by atoms with van der Waals surface area (Å²) in [6.45, 7) is 4.18. The molecule has 0 heterocycles. The highest BCUT2D eigenvalue weighted by Crippen LogP contribution is 2.24. The summed E-state index contributed by atoms with van der Waals surface area (Å²) >= 11 is 0. The molecule has 0 saturated heterocycles. The van der Waals surface area contributed by atoms with Crippen LogP contribution in [0.4, 0.5) is 0 Å². The number of carbonyl (C=O) groups is 1.